The van der Waals surface area contributed by atoms with Gasteiger partial charge in [-0.15, -0.1) is 0 Å². The number of anilines is 1. The number of nitrogens with two attached hydrogens (primary N) is 1. The summed E-state index contributed by atoms with van der Waals surface area (Å²) in [6.45, 7) is 6.57. The molecule has 16 heavy (non-hydrogen) atoms. The van der Waals surface area contributed by atoms with Gasteiger partial charge in [0.15, 0.2) is 0 Å². The average Bonchev–Trinajstić information content (AvgIpc) is 2.30. The van der Waals surface area contributed by atoms with E-state index in [9.17, 15) is 0 Å². The molecule has 0 aromatic carbocycles. The van der Waals surface area contributed by atoms with Gasteiger partial charge in [-0.1, -0.05) is 11.6 Å². The summed E-state index contributed by atoms with van der Waals surface area (Å²) < 4.78 is 0. The lowest BCUT2D eigenvalue weighted by Gasteiger charge is -2.25. The second kappa shape index (κ2) is 4.61. The van der Waals surface area contributed by atoms with Gasteiger partial charge in [-0.2, -0.15) is 0 Å². The summed E-state index contributed by atoms with van der Waals surface area (Å²) in [5, 5.41) is 0. The first kappa shape index (κ1) is 11.1. The molecular formula is C12H18N4. The lowest BCUT2D eigenvalue weighted by molar-refractivity contribution is 0.754. The Labute approximate surface area is 96.2 Å². The van der Waals surface area contributed by atoms with Crippen LogP contribution in [0.5, 0.6) is 0 Å². The maximum atomic E-state index is 5.59. The summed E-state index contributed by atoms with van der Waals surface area (Å²) in [5.41, 5.74) is 9.05. The molecule has 1 aromatic rings. The maximum Gasteiger partial charge on any atom is 0.225 e. The molecule has 1 aliphatic rings. The van der Waals surface area contributed by atoms with E-state index in [0.29, 0.717) is 6.54 Å². The lowest BCUT2D eigenvalue weighted by Crippen LogP contribution is -2.30. The van der Waals surface area contributed by atoms with Crippen molar-refractivity contribution in [2.75, 3.05) is 18.0 Å². The van der Waals surface area contributed by atoms with Crippen molar-refractivity contribution in [2.24, 2.45) is 5.73 Å². The quantitative estimate of drug-likeness (QED) is 0.762. The van der Waals surface area contributed by atoms with Crippen LogP contribution < -0.4 is 10.6 Å². The molecule has 0 saturated carbocycles. The number of rotatable bonds is 2. The molecule has 0 aliphatic carbocycles. The van der Waals surface area contributed by atoms with Crippen LogP contribution in [0, 0.1) is 6.92 Å². The predicted octanol–water partition coefficient (Wildman–Crippen LogP) is 1.40. The summed E-state index contributed by atoms with van der Waals surface area (Å²) >= 11 is 0. The summed E-state index contributed by atoms with van der Waals surface area (Å²) in [7, 11) is 0. The average molecular weight is 218 g/mol. The van der Waals surface area contributed by atoms with Crippen molar-refractivity contribution in [1.82, 2.24) is 9.97 Å². The Morgan fingerprint density at radius 2 is 2.25 bits per heavy atom. The van der Waals surface area contributed by atoms with Crippen LogP contribution in [0.25, 0.3) is 0 Å². The molecule has 0 unspecified atom stereocenters. The lowest BCUT2D eigenvalue weighted by atomic mass is 10.1. The molecule has 4 nitrogen and oxygen atoms in total. The largest absolute Gasteiger partial charge is 0.337 e. The van der Waals surface area contributed by atoms with Crippen molar-refractivity contribution in [3.05, 3.63) is 29.1 Å². The van der Waals surface area contributed by atoms with Crippen molar-refractivity contribution in [2.45, 2.75) is 26.8 Å². The van der Waals surface area contributed by atoms with Gasteiger partial charge in [0.25, 0.3) is 0 Å². The van der Waals surface area contributed by atoms with Crippen LogP contribution in [0.2, 0.25) is 0 Å². The van der Waals surface area contributed by atoms with E-state index in [1.807, 2.05) is 13.1 Å². The fourth-order valence-electron chi connectivity index (χ4n) is 1.78. The van der Waals surface area contributed by atoms with Gasteiger partial charge in [-0.25, -0.2) is 9.97 Å². The third-order valence-electron chi connectivity index (χ3n) is 3.01. The van der Waals surface area contributed by atoms with Crippen molar-refractivity contribution in [3.8, 4) is 0 Å². The standard InChI is InChI=1S/C12H18N4/c1-9-3-5-16(6-4-9)12-14-8-11(7-13)10(2)15-12/h3,8H,4-7,13H2,1-2H3. The van der Waals surface area contributed by atoms with E-state index >= 15 is 0 Å². The van der Waals surface area contributed by atoms with Gasteiger partial charge < -0.3 is 10.6 Å². The molecule has 86 valence electrons. The van der Waals surface area contributed by atoms with E-state index < -0.39 is 0 Å². The number of aryl methyl sites for hydroxylation is 1. The Bertz CT molecular complexity index is 411. The Hall–Kier alpha value is -1.42. The first-order valence-corrected chi connectivity index (χ1v) is 5.64. The van der Waals surface area contributed by atoms with E-state index in [1.165, 1.54) is 5.57 Å². The molecule has 0 spiro atoms. The van der Waals surface area contributed by atoms with Gasteiger partial charge in [0.2, 0.25) is 5.95 Å². The molecular weight excluding hydrogens is 200 g/mol. The van der Waals surface area contributed by atoms with Crippen molar-refractivity contribution >= 4 is 5.95 Å². The van der Waals surface area contributed by atoms with Gasteiger partial charge in [0.05, 0.1) is 0 Å². The van der Waals surface area contributed by atoms with Crippen LogP contribution in [0.15, 0.2) is 17.8 Å². The highest BCUT2D eigenvalue weighted by atomic mass is 15.2. The van der Waals surface area contributed by atoms with Crippen LogP contribution >= 0.6 is 0 Å². The highest BCUT2D eigenvalue weighted by Crippen LogP contribution is 2.16. The summed E-state index contributed by atoms with van der Waals surface area (Å²) in [6, 6.07) is 0. The zero-order valence-electron chi connectivity index (χ0n) is 9.90. The molecule has 0 fully saturated rings. The second-order valence-electron chi connectivity index (χ2n) is 4.23. The van der Waals surface area contributed by atoms with E-state index in [4.69, 9.17) is 5.73 Å². The fraction of sp³-hybridized carbons (Fsp3) is 0.500. The van der Waals surface area contributed by atoms with Gasteiger partial charge in [-0.05, 0) is 20.3 Å². The monoisotopic (exact) mass is 218 g/mol. The highest BCUT2D eigenvalue weighted by molar-refractivity contribution is 5.36. The van der Waals surface area contributed by atoms with Crippen LogP contribution in [0.3, 0.4) is 0 Å². The van der Waals surface area contributed by atoms with Crippen molar-refractivity contribution in [3.63, 3.8) is 0 Å². The molecule has 2 rings (SSSR count). The summed E-state index contributed by atoms with van der Waals surface area (Å²) in [5.74, 6) is 0.818. The predicted molar refractivity (Wildman–Crippen MR) is 65.2 cm³/mol. The zero-order chi connectivity index (χ0) is 11.5. The third kappa shape index (κ3) is 2.22. The molecule has 1 aromatic heterocycles. The molecule has 0 amide bonds. The molecule has 1 aliphatic heterocycles. The number of nitrogens with zero attached hydrogens (tertiary/aromatic N) is 3. The molecule has 0 saturated heterocycles. The first-order chi connectivity index (χ1) is 7.70. The highest BCUT2D eigenvalue weighted by Gasteiger charge is 2.13. The normalized spacial score (nSPS) is 16.2. The fourth-order valence-corrected chi connectivity index (χ4v) is 1.78. The van der Waals surface area contributed by atoms with E-state index in [2.05, 4.69) is 27.9 Å². The van der Waals surface area contributed by atoms with Gasteiger partial charge in [0.1, 0.15) is 0 Å². The third-order valence-corrected chi connectivity index (χ3v) is 3.01. The molecule has 2 heterocycles. The Morgan fingerprint density at radius 1 is 1.44 bits per heavy atom. The first-order valence-electron chi connectivity index (χ1n) is 5.64. The van der Waals surface area contributed by atoms with Crippen molar-refractivity contribution in [1.29, 1.82) is 0 Å². The number of hydrogen-bond acceptors (Lipinski definition) is 4. The minimum atomic E-state index is 0.505. The van der Waals surface area contributed by atoms with E-state index in [-0.39, 0.29) is 0 Å². The minimum absolute atomic E-state index is 0.505. The molecule has 0 bridgehead atoms. The Balaban J connectivity index is 2.19. The van der Waals surface area contributed by atoms with Gasteiger partial charge >= 0.3 is 0 Å². The Morgan fingerprint density at radius 3 is 2.81 bits per heavy atom. The van der Waals surface area contributed by atoms with Crippen LogP contribution in [-0.4, -0.2) is 23.1 Å². The van der Waals surface area contributed by atoms with Crippen LogP contribution in [0.1, 0.15) is 24.6 Å². The number of hydrogen-bond donors (Lipinski definition) is 1. The summed E-state index contributed by atoms with van der Waals surface area (Å²) in [6.07, 6.45) is 5.17. The van der Waals surface area contributed by atoms with E-state index in [1.54, 1.807) is 0 Å². The maximum absolute atomic E-state index is 5.59. The minimum Gasteiger partial charge on any atom is -0.337 e. The molecule has 2 N–H and O–H groups in total. The smallest absolute Gasteiger partial charge is 0.225 e. The second-order valence-corrected chi connectivity index (χ2v) is 4.23. The van der Waals surface area contributed by atoms with Crippen LogP contribution in [-0.2, 0) is 6.54 Å². The van der Waals surface area contributed by atoms with E-state index in [0.717, 1.165) is 36.7 Å². The van der Waals surface area contributed by atoms with Crippen LogP contribution in [0.4, 0.5) is 5.95 Å². The summed E-state index contributed by atoms with van der Waals surface area (Å²) in [4.78, 5) is 11.1. The number of aromatic nitrogens is 2. The van der Waals surface area contributed by atoms with Gasteiger partial charge in [-0.3, -0.25) is 0 Å². The van der Waals surface area contributed by atoms with Crippen molar-refractivity contribution < 1.29 is 0 Å². The molecule has 0 radical (unpaired) electrons. The Kier molecular flexibility index (Phi) is 3.19. The molecule has 0 atom stereocenters. The topological polar surface area (TPSA) is 55.0 Å². The zero-order valence-corrected chi connectivity index (χ0v) is 9.90. The molecule has 4 heteroatoms. The van der Waals surface area contributed by atoms with Gasteiger partial charge in [0, 0.05) is 37.1 Å². The SMILES string of the molecule is CC1=CCN(c2ncc(CN)c(C)n2)CC1.